The Balaban J connectivity index is 2.16. The summed E-state index contributed by atoms with van der Waals surface area (Å²) in [6.07, 6.45) is 0.0529. The van der Waals surface area contributed by atoms with E-state index in [1.807, 2.05) is 7.05 Å². The van der Waals surface area contributed by atoms with Crippen LogP contribution in [0.1, 0.15) is 13.3 Å². The lowest BCUT2D eigenvalue weighted by Gasteiger charge is -2.37. The summed E-state index contributed by atoms with van der Waals surface area (Å²) in [5.74, 6) is -2.24. The minimum atomic E-state index is -2.47. The lowest BCUT2D eigenvalue weighted by molar-refractivity contribution is -0.0307. The highest BCUT2D eigenvalue weighted by molar-refractivity contribution is 4.80. The first-order valence-electron chi connectivity index (χ1n) is 3.54. The molecule has 1 rings (SSSR count). The second-order valence-electron chi connectivity index (χ2n) is 3.36. The van der Waals surface area contributed by atoms with Gasteiger partial charge in [0.2, 0.25) is 5.92 Å². The van der Waals surface area contributed by atoms with E-state index in [9.17, 15) is 8.78 Å². The molecular formula is C7H13F2N. The Morgan fingerprint density at radius 2 is 2.00 bits per heavy atom. The maximum Gasteiger partial charge on any atom is 0.245 e. The van der Waals surface area contributed by atoms with Crippen molar-refractivity contribution in [1.29, 1.82) is 0 Å². The van der Waals surface area contributed by atoms with Gasteiger partial charge in [0.25, 0.3) is 0 Å². The SMILES string of the molecule is CN1CC(CC(C)(F)F)C1. The smallest absolute Gasteiger partial charge is 0.245 e. The molecule has 60 valence electrons. The van der Waals surface area contributed by atoms with Crippen molar-refractivity contribution < 1.29 is 8.78 Å². The number of hydrogen-bond acceptors (Lipinski definition) is 1. The van der Waals surface area contributed by atoms with Crippen molar-refractivity contribution in [3.8, 4) is 0 Å². The summed E-state index contributed by atoms with van der Waals surface area (Å²) in [4.78, 5) is 2.05. The second-order valence-corrected chi connectivity index (χ2v) is 3.36. The van der Waals surface area contributed by atoms with Crippen molar-refractivity contribution in [3.05, 3.63) is 0 Å². The molecule has 0 atom stereocenters. The van der Waals surface area contributed by atoms with Crippen LogP contribution in [0.3, 0.4) is 0 Å². The Labute approximate surface area is 60.0 Å². The lowest BCUT2D eigenvalue weighted by Crippen LogP contribution is -2.45. The van der Waals surface area contributed by atoms with Gasteiger partial charge in [-0.05, 0) is 19.9 Å². The first kappa shape index (κ1) is 7.92. The van der Waals surface area contributed by atoms with Gasteiger partial charge >= 0.3 is 0 Å². The molecule has 3 heteroatoms. The Morgan fingerprint density at radius 3 is 2.30 bits per heavy atom. The molecule has 1 saturated heterocycles. The molecule has 0 bridgehead atoms. The molecule has 1 aliphatic heterocycles. The molecule has 0 aromatic heterocycles. The number of nitrogens with zero attached hydrogens (tertiary/aromatic N) is 1. The van der Waals surface area contributed by atoms with Crippen molar-refractivity contribution in [1.82, 2.24) is 4.90 Å². The largest absolute Gasteiger partial charge is 0.306 e. The molecule has 0 spiro atoms. The molecule has 0 unspecified atom stereocenters. The highest BCUT2D eigenvalue weighted by Crippen LogP contribution is 2.27. The van der Waals surface area contributed by atoms with Gasteiger partial charge in [-0.2, -0.15) is 0 Å². The summed E-state index contributed by atoms with van der Waals surface area (Å²) in [5, 5.41) is 0. The van der Waals surface area contributed by atoms with Crippen LogP contribution in [0.25, 0.3) is 0 Å². The zero-order chi connectivity index (χ0) is 7.78. The monoisotopic (exact) mass is 149 g/mol. The van der Waals surface area contributed by atoms with E-state index in [4.69, 9.17) is 0 Å². The van der Waals surface area contributed by atoms with Crippen molar-refractivity contribution in [2.75, 3.05) is 20.1 Å². The minimum absolute atomic E-state index is 0.0529. The quantitative estimate of drug-likeness (QED) is 0.576. The van der Waals surface area contributed by atoms with Gasteiger partial charge in [-0.3, -0.25) is 0 Å². The molecule has 0 aromatic rings. The van der Waals surface area contributed by atoms with Gasteiger partial charge in [-0.1, -0.05) is 0 Å². The van der Waals surface area contributed by atoms with Crippen LogP contribution < -0.4 is 0 Å². The first-order chi connectivity index (χ1) is 4.47. The Morgan fingerprint density at radius 1 is 1.50 bits per heavy atom. The average Bonchev–Trinajstić information content (AvgIpc) is 1.57. The minimum Gasteiger partial charge on any atom is -0.306 e. The van der Waals surface area contributed by atoms with Crippen LogP contribution in [0.2, 0.25) is 0 Å². The summed E-state index contributed by atoms with van der Waals surface area (Å²) in [5.41, 5.74) is 0. The summed E-state index contributed by atoms with van der Waals surface area (Å²) < 4.78 is 24.6. The fourth-order valence-corrected chi connectivity index (χ4v) is 1.46. The van der Waals surface area contributed by atoms with Gasteiger partial charge in [0.05, 0.1) is 0 Å². The highest BCUT2D eigenvalue weighted by atomic mass is 19.3. The number of alkyl halides is 2. The van der Waals surface area contributed by atoms with Crippen molar-refractivity contribution >= 4 is 0 Å². The van der Waals surface area contributed by atoms with Crippen molar-refractivity contribution in [2.24, 2.45) is 5.92 Å². The normalized spacial score (nSPS) is 22.8. The predicted molar refractivity (Wildman–Crippen MR) is 36.2 cm³/mol. The zero-order valence-corrected chi connectivity index (χ0v) is 6.40. The summed E-state index contributed by atoms with van der Waals surface area (Å²) in [6.45, 7) is 2.66. The third-order valence-corrected chi connectivity index (χ3v) is 1.79. The average molecular weight is 149 g/mol. The van der Waals surface area contributed by atoms with E-state index in [1.54, 1.807) is 0 Å². The molecule has 1 nitrogen and oxygen atoms in total. The van der Waals surface area contributed by atoms with Crippen LogP contribution in [0, 0.1) is 5.92 Å². The predicted octanol–water partition coefficient (Wildman–Crippen LogP) is 1.59. The van der Waals surface area contributed by atoms with E-state index in [-0.39, 0.29) is 12.3 Å². The van der Waals surface area contributed by atoms with Gasteiger partial charge in [0.15, 0.2) is 0 Å². The van der Waals surface area contributed by atoms with Crippen LogP contribution in [-0.2, 0) is 0 Å². The number of rotatable bonds is 2. The maximum absolute atomic E-state index is 12.3. The molecule has 0 N–H and O–H groups in total. The fraction of sp³-hybridized carbons (Fsp3) is 1.00. The highest BCUT2D eigenvalue weighted by Gasteiger charge is 2.32. The molecular weight excluding hydrogens is 136 g/mol. The summed E-state index contributed by atoms with van der Waals surface area (Å²) >= 11 is 0. The third-order valence-electron chi connectivity index (χ3n) is 1.79. The number of likely N-dealkylation sites (tertiary alicyclic amines) is 1. The molecule has 0 aliphatic carbocycles. The van der Waals surface area contributed by atoms with E-state index in [2.05, 4.69) is 4.90 Å². The van der Waals surface area contributed by atoms with Crippen molar-refractivity contribution in [2.45, 2.75) is 19.3 Å². The second kappa shape index (κ2) is 2.46. The van der Waals surface area contributed by atoms with Crippen LogP contribution in [-0.4, -0.2) is 31.0 Å². The summed E-state index contributed by atoms with van der Waals surface area (Å²) in [7, 11) is 1.95. The van der Waals surface area contributed by atoms with Crippen LogP contribution in [0.5, 0.6) is 0 Å². The Hall–Kier alpha value is -0.180. The van der Waals surface area contributed by atoms with E-state index in [0.29, 0.717) is 0 Å². The third kappa shape index (κ3) is 2.21. The van der Waals surface area contributed by atoms with Crippen molar-refractivity contribution in [3.63, 3.8) is 0 Å². The van der Waals surface area contributed by atoms with E-state index in [1.165, 1.54) is 0 Å². The van der Waals surface area contributed by atoms with Gasteiger partial charge < -0.3 is 4.90 Å². The molecule has 0 radical (unpaired) electrons. The van der Waals surface area contributed by atoms with Crippen LogP contribution >= 0.6 is 0 Å². The lowest BCUT2D eigenvalue weighted by atomic mass is 9.94. The van der Waals surface area contributed by atoms with Gasteiger partial charge in [0, 0.05) is 19.5 Å². The van der Waals surface area contributed by atoms with Gasteiger partial charge in [0.1, 0.15) is 0 Å². The molecule has 0 amide bonds. The first-order valence-corrected chi connectivity index (χ1v) is 3.54. The number of halogens is 2. The Bertz CT molecular complexity index is 113. The van der Waals surface area contributed by atoms with Gasteiger partial charge in [-0.25, -0.2) is 8.78 Å². The van der Waals surface area contributed by atoms with E-state index in [0.717, 1.165) is 20.0 Å². The Kier molecular flexibility index (Phi) is 1.95. The fourth-order valence-electron chi connectivity index (χ4n) is 1.46. The van der Waals surface area contributed by atoms with E-state index >= 15 is 0 Å². The topological polar surface area (TPSA) is 3.24 Å². The molecule has 1 fully saturated rings. The van der Waals surface area contributed by atoms with Crippen LogP contribution in [0.15, 0.2) is 0 Å². The zero-order valence-electron chi connectivity index (χ0n) is 6.40. The van der Waals surface area contributed by atoms with E-state index < -0.39 is 5.92 Å². The molecule has 10 heavy (non-hydrogen) atoms. The van der Waals surface area contributed by atoms with Gasteiger partial charge in [-0.15, -0.1) is 0 Å². The molecule has 1 heterocycles. The standard InChI is InChI=1S/C7H13F2N/c1-7(8,9)3-6-4-10(2)5-6/h6H,3-5H2,1-2H3. The molecule has 0 aromatic carbocycles. The maximum atomic E-state index is 12.3. The summed E-state index contributed by atoms with van der Waals surface area (Å²) in [6, 6.07) is 0. The van der Waals surface area contributed by atoms with Crippen LogP contribution in [0.4, 0.5) is 8.78 Å². The number of hydrogen-bond donors (Lipinski definition) is 0. The molecule has 1 aliphatic rings. The molecule has 0 saturated carbocycles.